The molecule has 3 aliphatic carbocycles. The number of ketones is 1. The predicted octanol–water partition coefficient (Wildman–Crippen LogP) is 6.05. The number of phenols is 1. The molecule has 280 valence electrons. The molecule has 0 radical (unpaired) electrons. The minimum atomic E-state index is -1.00. The van der Waals surface area contributed by atoms with E-state index in [-0.39, 0.29) is 56.2 Å². The van der Waals surface area contributed by atoms with E-state index in [1.165, 1.54) is 34.3 Å². The van der Waals surface area contributed by atoms with Gasteiger partial charge in [0.25, 0.3) is 0 Å². The summed E-state index contributed by atoms with van der Waals surface area (Å²) < 4.78 is 17.7. The van der Waals surface area contributed by atoms with Crippen molar-refractivity contribution in [3.8, 4) is 23.0 Å². The highest BCUT2D eigenvalue weighted by Crippen LogP contribution is 2.56. The second-order valence-corrected chi connectivity index (χ2v) is 14.8. The smallest absolute Gasteiger partial charge is 0.308 e. The lowest BCUT2D eigenvalue weighted by molar-refractivity contribution is -0.142. The Hall–Kier alpha value is -5.85. The number of benzene rings is 5. The van der Waals surface area contributed by atoms with Crippen LogP contribution < -0.4 is 35.7 Å². The molecule has 5 aromatic rings. The predicted molar refractivity (Wildman–Crippen MR) is 205 cm³/mol. The summed E-state index contributed by atoms with van der Waals surface area (Å²) in [7, 11) is 4.21. The Morgan fingerprint density at radius 2 is 1.28 bits per heavy atom. The van der Waals surface area contributed by atoms with Crippen molar-refractivity contribution in [1.29, 1.82) is 0 Å². The van der Waals surface area contributed by atoms with Crippen LogP contribution in [0.2, 0.25) is 0 Å². The van der Waals surface area contributed by atoms with E-state index in [1.54, 1.807) is 19.1 Å². The van der Waals surface area contributed by atoms with Crippen LogP contribution in [0.5, 0.6) is 23.0 Å². The Morgan fingerprint density at radius 1 is 0.704 bits per heavy atom. The molecular formula is C41H40N2O11. The van der Waals surface area contributed by atoms with Crippen molar-refractivity contribution >= 4 is 78.3 Å². The number of aromatic hydroxyl groups is 1. The number of carbonyl (C=O) groups is 3. The standard InChI is InChI=1S/C41H40N2O11/c1-15-12-19-27-32-28(37(46)36(19)43-21-11-7-9-18(21)41(50)51)22(42-20-10-6-8-17(20)40(48)49)13-24(52-3)30(32)31-25(53-4)14-23(45)29-34(31)33(27)35(26(15)16(2)44)39(54-5)38(29)47/h12-14,17-18,20-21,26,42-43,45H,6-11H2,1-5H3,(H,48,49)(H,50,51). The van der Waals surface area contributed by atoms with Crippen molar-refractivity contribution < 1.29 is 43.9 Å². The van der Waals surface area contributed by atoms with Gasteiger partial charge in [0.2, 0.25) is 10.9 Å². The fourth-order valence-corrected chi connectivity index (χ4v) is 9.78. The molecule has 5 N–H and O–H groups in total. The van der Waals surface area contributed by atoms with Crippen LogP contribution in [0.4, 0.5) is 11.4 Å². The molecule has 8 rings (SSSR count). The minimum absolute atomic E-state index is 0.0741. The van der Waals surface area contributed by atoms with Crippen molar-refractivity contribution in [2.45, 2.75) is 70.4 Å². The van der Waals surface area contributed by atoms with E-state index >= 15 is 4.79 Å². The number of phenolic OH excluding ortho intramolecular Hbond substituents is 1. The summed E-state index contributed by atoms with van der Waals surface area (Å²) in [6, 6.07) is 1.85. The van der Waals surface area contributed by atoms with Crippen molar-refractivity contribution in [2.75, 3.05) is 32.0 Å². The molecule has 0 heterocycles. The number of carbonyl (C=O) groups excluding carboxylic acids is 1. The van der Waals surface area contributed by atoms with E-state index in [4.69, 9.17) is 14.2 Å². The lowest BCUT2D eigenvalue weighted by Crippen LogP contribution is -2.33. The highest BCUT2D eigenvalue weighted by Gasteiger charge is 2.40. The lowest BCUT2D eigenvalue weighted by Gasteiger charge is -2.27. The molecule has 54 heavy (non-hydrogen) atoms. The third-order valence-electron chi connectivity index (χ3n) is 12.0. The Morgan fingerprint density at radius 3 is 1.83 bits per heavy atom. The summed E-state index contributed by atoms with van der Waals surface area (Å²) >= 11 is 0. The number of carboxylic acid groups (broad SMARTS) is 2. The van der Waals surface area contributed by atoms with Crippen molar-refractivity contribution in [1.82, 2.24) is 0 Å². The van der Waals surface area contributed by atoms with Crippen LogP contribution in [0, 0.1) is 11.8 Å². The molecule has 0 aromatic heterocycles. The van der Waals surface area contributed by atoms with E-state index in [0.29, 0.717) is 82.3 Å². The fraction of sp³-hybridized carbons (Fsp3) is 0.390. The van der Waals surface area contributed by atoms with Gasteiger partial charge in [-0.1, -0.05) is 24.5 Å². The van der Waals surface area contributed by atoms with Gasteiger partial charge in [0, 0.05) is 62.3 Å². The number of methoxy groups -OCH3 is 3. The third kappa shape index (κ3) is 4.79. The van der Waals surface area contributed by atoms with Crippen molar-refractivity contribution in [2.24, 2.45) is 11.8 Å². The number of fused-ring (bicyclic) bond motifs is 1. The largest absolute Gasteiger partial charge is 0.507 e. The van der Waals surface area contributed by atoms with Crippen molar-refractivity contribution in [3.05, 3.63) is 49.3 Å². The van der Waals surface area contributed by atoms with E-state index in [2.05, 4.69) is 10.6 Å². The van der Waals surface area contributed by atoms with Gasteiger partial charge in [0.15, 0.2) is 5.75 Å². The van der Waals surface area contributed by atoms with E-state index in [9.17, 15) is 34.5 Å². The van der Waals surface area contributed by atoms with E-state index in [0.717, 1.165) is 0 Å². The zero-order chi connectivity index (χ0) is 38.5. The average Bonchev–Trinajstić information content (AvgIpc) is 3.77. The van der Waals surface area contributed by atoms with Crippen molar-refractivity contribution in [3.63, 3.8) is 0 Å². The average molecular weight is 737 g/mol. The van der Waals surface area contributed by atoms with Gasteiger partial charge in [-0.2, -0.15) is 0 Å². The zero-order valence-corrected chi connectivity index (χ0v) is 30.5. The van der Waals surface area contributed by atoms with Crippen LogP contribution in [0.1, 0.15) is 69.4 Å². The molecule has 13 nitrogen and oxygen atoms in total. The number of hydrogen-bond donors (Lipinski definition) is 5. The molecule has 3 aliphatic rings. The maximum Gasteiger partial charge on any atom is 0.308 e. The number of ether oxygens (including phenoxy) is 3. The highest BCUT2D eigenvalue weighted by molar-refractivity contribution is 6.40. The monoisotopic (exact) mass is 736 g/mol. The molecule has 5 aromatic carbocycles. The molecule has 2 saturated carbocycles. The Balaban J connectivity index is 1.67. The van der Waals surface area contributed by atoms with Gasteiger partial charge in [0.1, 0.15) is 23.0 Å². The summed E-state index contributed by atoms with van der Waals surface area (Å²) in [5, 5.41) is 40.9. The van der Waals surface area contributed by atoms with Gasteiger partial charge < -0.3 is 40.2 Å². The van der Waals surface area contributed by atoms with Crippen LogP contribution in [0.15, 0.2) is 27.3 Å². The second-order valence-electron chi connectivity index (χ2n) is 14.8. The summed E-state index contributed by atoms with van der Waals surface area (Å²) in [5.74, 6) is -4.78. The maximum absolute atomic E-state index is 15.4. The number of nitrogens with one attached hydrogen (secondary N) is 2. The third-order valence-corrected chi connectivity index (χ3v) is 12.0. The SMILES string of the molecule is COc1c2c3c4c(c(NC5CCCC5C(=O)O)c(=O)c5c(NC6CCCC6C(=O)O)cc(OC)c(c6c(OC)cc(O)c(c1=O)c63)c54)C=C(C)C2C(C)=O. The maximum atomic E-state index is 15.4. The molecular weight excluding hydrogens is 696 g/mol. The second kappa shape index (κ2) is 12.6. The molecule has 0 bridgehead atoms. The summed E-state index contributed by atoms with van der Waals surface area (Å²) in [6.45, 7) is 3.15. The zero-order valence-electron chi connectivity index (χ0n) is 30.5. The summed E-state index contributed by atoms with van der Waals surface area (Å²) in [5.41, 5.74) is 0.486. The normalized spacial score (nSPS) is 22.2. The van der Waals surface area contributed by atoms with Crippen LogP contribution in [0.25, 0.3) is 49.2 Å². The first-order valence-corrected chi connectivity index (χ1v) is 18.1. The number of allylic oxidation sites excluding steroid dienone is 1. The van der Waals surface area contributed by atoms with Gasteiger partial charge >= 0.3 is 11.9 Å². The molecule has 13 heteroatoms. The van der Waals surface area contributed by atoms with Gasteiger partial charge in [0.05, 0.1) is 61.2 Å². The number of anilines is 2. The molecule has 2 fully saturated rings. The van der Waals surface area contributed by atoms with E-state index in [1.807, 2.05) is 0 Å². The number of aliphatic carboxylic acids is 2. The molecule has 0 aliphatic heterocycles. The van der Waals surface area contributed by atoms with Crippen LogP contribution >= 0.6 is 0 Å². The number of Topliss-reactive ketones (excluding diaryl/α,β-unsaturated/α-hetero) is 1. The van der Waals surface area contributed by atoms with Gasteiger partial charge in [-0.3, -0.25) is 24.0 Å². The van der Waals surface area contributed by atoms with Gasteiger partial charge in [-0.25, -0.2) is 0 Å². The number of hydrogen-bond acceptors (Lipinski definition) is 11. The molecule has 5 unspecified atom stereocenters. The number of rotatable bonds is 10. The van der Waals surface area contributed by atoms with Gasteiger partial charge in [-0.15, -0.1) is 0 Å². The topological polar surface area (TPSA) is 198 Å². The first-order valence-electron chi connectivity index (χ1n) is 18.1. The van der Waals surface area contributed by atoms with Crippen LogP contribution in [-0.4, -0.2) is 66.5 Å². The lowest BCUT2D eigenvalue weighted by atomic mass is 9.80. The summed E-state index contributed by atoms with van der Waals surface area (Å²) in [6.07, 6.45) is 4.95. The number of carboxylic acids is 2. The Kier molecular flexibility index (Phi) is 8.23. The molecule has 0 spiro atoms. The molecule has 0 amide bonds. The molecule has 0 saturated heterocycles. The molecule has 5 atom stereocenters. The minimum Gasteiger partial charge on any atom is -0.507 e. The van der Waals surface area contributed by atoms with Crippen LogP contribution in [-0.2, 0) is 14.4 Å². The fourth-order valence-electron chi connectivity index (χ4n) is 9.78. The van der Waals surface area contributed by atoms with E-state index < -0.39 is 52.6 Å². The summed E-state index contributed by atoms with van der Waals surface area (Å²) in [4.78, 5) is 68.3. The highest BCUT2D eigenvalue weighted by atomic mass is 16.5. The first-order chi connectivity index (χ1) is 25.8. The Labute approximate surface area is 308 Å². The van der Waals surface area contributed by atoms with Gasteiger partial charge in [-0.05, 0) is 44.9 Å². The first kappa shape index (κ1) is 35.2. The van der Waals surface area contributed by atoms with Crippen LogP contribution in [0.3, 0.4) is 0 Å². The Bertz CT molecular complexity index is 2620. The quantitative estimate of drug-likeness (QED) is 0.0822.